The summed E-state index contributed by atoms with van der Waals surface area (Å²) in [6.45, 7) is 6.28. The van der Waals surface area contributed by atoms with E-state index in [-0.39, 0.29) is 34.8 Å². The molecule has 2 aromatic rings. The van der Waals surface area contributed by atoms with Gasteiger partial charge in [-0.05, 0) is 20.8 Å². The topological polar surface area (TPSA) is 118 Å². The van der Waals surface area contributed by atoms with Crippen molar-refractivity contribution in [1.82, 2.24) is 23.8 Å². The zero-order valence-electron chi connectivity index (χ0n) is 18.1. The summed E-state index contributed by atoms with van der Waals surface area (Å²) in [6.07, 6.45) is 3.96. The number of amides is 1. The highest BCUT2D eigenvalue weighted by molar-refractivity contribution is 5.80. The molecule has 0 radical (unpaired) electrons. The minimum absolute atomic E-state index is 0.0292. The molecule has 10 heteroatoms. The Morgan fingerprint density at radius 2 is 1.87 bits per heavy atom. The summed E-state index contributed by atoms with van der Waals surface area (Å²) in [4.78, 5) is 39.4. The van der Waals surface area contributed by atoms with Crippen molar-refractivity contribution in [3.63, 3.8) is 0 Å². The number of carbonyl (C=O) groups excluding carboxylic acids is 1. The molecule has 0 spiro atoms. The smallest absolute Gasteiger partial charge is 0.332 e. The first-order chi connectivity index (χ1) is 14.0. The largest absolute Gasteiger partial charge is 0.370 e. The first kappa shape index (κ1) is 21.4. The summed E-state index contributed by atoms with van der Waals surface area (Å²) in [6, 6.07) is 1.67. The van der Waals surface area contributed by atoms with Gasteiger partial charge in [-0.15, -0.1) is 0 Å². The van der Waals surface area contributed by atoms with Crippen LogP contribution in [0.15, 0.2) is 22.0 Å². The van der Waals surface area contributed by atoms with Crippen molar-refractivity contribution in [3.8, 4) is 6.07 Å². The second-order valence-electron chi connectivity index (χ2n) is 8.71. The normalized spacial score (nSPS) is 19.2. The van der Waals surface area contributed by atoms with E-state index in [0.717, 1.165) is 10.1 Å². The van der Waals surface area contributed by atoms with Crippen LogP contribution in [0.5, 0.6) is 0 Å². The first-order valence-corrected chi connectivity index (χ1v) is 9.72. The van der Waals surface area contributed by atoms with Crippen LogP contribution in [0.2, 0.25) is 0 Å². The minimum Gasteiger partial charge on any atom is -0.370 e. The van der Waals surface area contributed by atoms with Crippen LogP contribution >= 0.6 is 0 Å². The Bertz CT molecular complexity index is 1140. The third-order valence-electron chi connectivity index (χ3n) is 5.53. The van der Waals surface area contributed by atoms with Gasteiger partial charge in [0.25, 0.3) is 5.56 Å². The molecular weight excluding hydrogens is 386 g/mol. The number of hydrogen-bond donors (Lipinski definition) is 1. The quantitative estimate of drug-likeness (QED) is 0.779. The van der Waals surface area contributed by atoms with Crippen molar-refractivity contribution in [3.05, 3.63) is 44.4 Å². The minimum atomic E-state index is -0.647. The van der Waals surface area contributed by atoms with Crippen LogP contribution in [-0.4, -0.2) is 41.8 Å². The molecule has 3 rings (SSSR count). The van der Waals surface area contributed by atoms with E-state index >= 15 is 0 Å². The van der Waals surface area contributed by atoms with Crippen molar-refractivity contribution in [2.45, 2.75) is 38.8 Å². The van der Waals surface area contributed by atoms with Crippen molar-refractivity contribution >= 4 is 11.7 Å². The van der Waals surface area contributed by atoms with Crippen LogP contribution in [0.4, 0.5) is 5.82 Å². The zero-order valence-corrected chi connectivity index (χ0v) is 18.1. The van der Waals surface area contributed by atoms with Gasteiger partial charge in [-0.3, -0.25) is 23.4 Å². The third-order valence-corrected chi connectivity index (χ3v) is 5.53. The average molecular weight is 413 g/mol. The van der Waals surface area contributed by atoms with E-state index in [1.54, 1.807) is 10.9 Å². The Kier molecular flexibility index (Phi) is 5.33. The molecule has 3 heterocycles. The number of rotatable bonds is 4. The fraction of sp³-hybridized carbons (Fsp3) is 0.550. The SMILES string of the molecule is Cn1cc([C@H]2[C@H](CNc3c(C#N)c(=O)n(C)c(=O)n3C)CC(=O)N2C(C)(C)C)cn1. The van der Waals surface area contributed by atoms with Crippen molar-refractivity contribution < 1.29 is 4.79 Å². The summed E-state index contributed by atoms with van der Waals surface area (Å²) in [5.41, 5.74) is -0.771. The lowest BCUT2D eigenvalue weighted by molar-refractivity contribution is -0.133. The van der Waals surface area contributed by atoms with Crippen LogP contribution in [-0.2, 0) is 25.9 Å². The number of aromatic nitrogens is 4. The number of anilines is 1. The maximum absolute atomic E-state index is 12.9. The van der Waals surface area contributed by atoms with Crippen LogP contribution in [0.1, 0.15) is 44.4 Å². The number of nitrogens with one attached hydrogen (secondary N) is 1. The van der Waals surface area contributed by atoms with Gasteiger partial charge in [0.1, 0.15) is 11.9 Å². The van der Waals surface area contributed by atoms with E-state index in [0.29, 0.717) is 13.0 Å². The summed E-state index contributed by atoms with van der Waals surface area (Å²) >= 11 is 0. The molecule has 1 amide bonds. The lowest BCUT2D eigenvalue weighted by Crippen LogP contribution is -2.44. The Hall–Kier alpha value is -3.35. The fourth-order valence-corrected chi connectivity index (χ4v) is 4.17. The molecule has 1 aliphatic heterocycles. The Balaban J connectivity index is 1.99. The molecule has 10 nitrogen and oxygen atoms in total. The van der Waals surface area contributed by atoms with Crippen molar-refractivity contribution in [2.75, 3.05) is 11.9 Å². The Labute approximate surface area is 174 Å². The molecule has 2 aromatic heterocycles. The van der Waals surface area contributed by atoms with Crippen LogP contribution in [0, 0.1) is 17.2 Å². The third kappa shape index (κ3) is 3.51. The molecule has 0 aromatic carbocycles. The van der Waals surface area contributed by atoms with E-state index in [1.807, 2.05) is 45.0 Å². The second kappa shape index (κ2) is 7.48. The molecule has 0 saturated carbocycles. The highest BCUT2D eigenvalue weighted by atomic mass is 16.2. The van der Waals surface area contributed by atoms with Gasteiger partial charge in [-0.25, -0.2) is 4.79 Å². The number of likely N-dealkylation sites (tertiary alicyclic amines) is 1. The lowest BCUT2D eigenvalue weighted by atomic mass is 9.93. The molecule has 0 aliphatic carbocycles. The number of carbonyl (C=O) groups is 1. The molecule has 160 valence electrons. The summed E-state index contributed by atoms with van der Waals surface area (Å²) in [7, 11) is 4.67. The standard InChI is InChI=1S/C20H27N7O3/c1-20(2,3)27-15(28)7-12(16(27)13-10-23-24(4)11-13)9-22-17-14(8-21)18(29)26(6)19(30)25(17)5/h10-12,16,22H,7,9H2,1-6H3/t12-,16+/m0/s1. The molecule has 0 unspecified atom stereocenters. The van der Waals surface area contributed by atoms with Gasteiger partial charge in [-0.2, -0.15) is 10.4 Å². The van der Waals surface area contributed by atoms with Crippen LogP contribution in [0.3, 0.4) is 0 Å². The van der Waals surface area contributed by atoms with E-state index in [1.165, 1.54) is 18.7 Å². The van der Waals surface area contributed by atoms with Gasteiger partial charge in [0.15, 0.2) is 5.56 Å². The predicted molar refractivity (Wildman–Crippen MR) is 111 cm³/mol. The second-order valence-corrected chi connectivity index (χ2v) is 8.71. The summed E-state index contributed by atoms with van der Waals surface area (Å²) in [5.74, 6) is 0.0605. The molecule has 1 saturated heterocycles. The van der Waals surface area contributed by atoms with E-state index in [4.69, 9.17) is 0 Å². The first-order valence-electron chi connectivity index (χ1n) is 9.72. The zero-order chi connectivity index (χ0) is 22.4. The number of aryl methyl sites for hydroxylation is 1. The molecule has 2 atom stereocenters. The van der Waals surface area contributed by atoms with Gasteiger partial charge in [-0.1, -0.05) is 0 Å². The van der Waals surface area contributed by atoms with E-state index in [2.05, 4.69) is 10.4 Å². The number of nitrogens with zero attached hydrogens (tertiary/aromatic N) is 6. The molecule has 30 heavy (non-hydrogen) atoms. The maximum Gasteiger partial charge on any atom is 0.332 e. The molecular formula is C20H27N7O3. The van der Waals surface area contributed by atoms with Crippen LogP contribution in [0.25, 0.3) is 0 Å². The average Bonchev–Trinajstić information content (AvgIpc) is 3.24. The van der Waals surface area contributed by atoms with Gasteiger partial charge in [0, 0.05) is 57.3 Å². The fourth-order valence-electron chi connectivity index (χ4n) is 4.17. The molecule has 1 N–H and O–H groups in total. The lowest BCUT2D eigenvalue weighted by Gasteiger charge is -2.38. The highest BCUT2D eigenvalue weighted by Gasteiger charge is 2.45. The molecule has 0 bridgehead atoms. The number of nitriles is 1. The van der Waals surface area contributed by atoms with Gasteiger partial charge in [0.05, 0.1) is 12.2 Å². The predicted octanol–water partition coefficient (Wildman–Crippen LogP) is 0.489. The summed E-state index contributed by atoms with van der Waals surface area (Å²) in [5, 5.41) is 16.8. The van der Waals surface area contributed by atoms with Gasteiger partial charge in [0.2, 0.25) is 5.91 Å². The van der Waals surface area contributed by atoms with Crippen molar-refractivity contribution in [2.24, 2.45) is 27.1 Å². The highest BCUT2D eigenvalue weighted by Crippen LogP contribution is 2.42. The Morgan fingerprint density at radius 3 is 2.40 bits per heavy atom. The van der Waals surface area contributed by atoms with E-state index < -0.39 is 11.2 Å². The maximum atomic E-state index is 12.9. The van der Waals surface area contributed by atoms with E-state index in [9.17, 15) is 19.6 Å². The number of hydrogen-bond acceptors (Lipinski definition) is 6. The molecule has 1 aliphatic rings. The monoisotopic (exact) mass is 413 g/mol. The Morgan fingerprint density at radius 1 is 1.20 bits per heavy atom. The van der Waals surface area contributed by atoms with Gasteiger partial charge >= 0.3 is 5.69 Å². The van der Waals surface area contributed by atoms with Gasteiger partial charge < -0.3 is 10.2 Å². The van der Waals surface area contributed by atoms with Crippen LogP contribution < -0.4 is 16.6 Å². The van der Waals surface area contributed by atoms with Crippen molar-refractivity contribution in [1.29, 1.82) is 5.26 Å². The molecule has 1 fully saturated rings. The summed E-state index contributed by atoms with van der Waals surface area (Å²) < 4.78 is 3.85.